The maximum absolute atomic E-state index is 14.0. The van der Waals surface area contributed by atoms with Gasteiger partial charge in [-0.15, -0.1) is 11.3 Å². The van der Waals surface area contributed by atoms with Crippen LogP contribution in [0.1, 0.15) is 29.6 Å². The number of hydrogen-bond acceptors (Lipinski definition) is 3. The van der Waals surface area contributed by atoms with Crippen molar-refractivity contribution in [3.63, 3.8) is 0 Å². The van der Waals surface area contributed by atoms with E-state index in [1.165, 1.54) is 6.07 Å². The van der Waals surface area contributed by atoms with E-state index in [4.69, 9.17) is 0 Å². The minimum atomic E-state index is -0.151. The molecule has 0 saturated carbocycles. The maximum Gasteiger partial charge on any atom is 0.127 e. The molecule has 1 unspecified atom stereocenters. The predicted octanol–water partition coefficient (Wildman–Crippen LogP) is 4.51. The summed E-state index contributed by atoms with van der Waals surface area (Å²) in [6, 6.07) is 5.48. The molecule has 1 aromatic heterocycles. The van der Waals surface area contributed by atoms with Crippen molar-refractivity contribution in [1.29, 1.82) is 0 Å². The molecular formula is C16H20BrFN2S. The van der Waals surface area contributed by atoms with Gasteiger partial charge in [-0.3, -0.25) is 0 Å². The molecule has 2 nitrogen and oxygen atoms in total. The van der Waals surface area contributed by atoms with Crippen molar-refractivity contribution in [1.82, 2.24) is 10.3 Å². The summed E-state index contributed by atoms with van der Waals surface area (Å²) in [4.78, 5) is 4.51. The lowest BCUT2D eigenvalue weighted by Gasteiger charge is -2.18. The molecule has 0 radical (unpaired) electrons. The summed E-state index contributed by atoms with van der Waals surface area (Å²) in [6.07, 6.45) is 2.57. The van der Waals surface area contributed by atoms with Gasteiger partial charge in [0.15, 0.2) is 0 Å². The van der Waals surface area contributed by atoms with Gasteiger partial charge in [-0.1, -0.05) is 28.9 Å². The molecule has 0 aliphatic carbocycles. The Morgan fingerprint density at radius 3 is 2.81 bits per heavy atom. The van der Waals surface area contributed by atoms with Crippen molar-refractivity contribution in [3.8, 4) is 0 Å². The average molecular weight is 371 g/mol. The number of nitrogens with one attached hydrogen (secondary N) is 1. The van der Waals surface area contributed by atoms with E-state index in [1.54, 1.807) is 11.3 Å². The minimum Gasteiger partial charge on any atom is -0.313 e. The highest BCUT2D eigenvalue weighted by Crippen LogP contribution is 2.18. The van der Waals surface area contributed by atoms with Crippen LogP contribution in [0.25, 0.3) is 0 Å². The number of rotatable bonds is 7. The van der Waals surface area contributed by atoms with Gasteiger partial charge in [-0.2, -0.15) is 0 Å². The van der Waals surface area contributed by atoms with Crippen LogP contribution in [0.4, 0.5) is 4.39 Å². The lowest BCUT2D eigenvalue weighted by Crippen LogP contribution is -2.34. The van der Waals surface area contributed by atoms with Crippen molar-refractivity contribution in [3.05, 3.63) is 50.1 Å². The number of thiazole rings is 1. The summed E-state index contributed by atoms with van der Waals surface area (Å²) in [6.45, 7) is 5.08. The van der Waals surface area contributed by atoms with Crippen LogP contribution in [-0.4, -0.2) is 17.6 Å². The first-order chi connectivity index (χ1) is 10.1. The van der Waals surface area contributed by atoms with Gasteiger partial charge in [0, 0.05) is 22.3 Å². The summed E-state index contributed by atoms with van der Waals surface area (Å²) in [7, 11) is 0. The molecule has 2 aromatic rings. The van der Waals surface area contributed by atoms with E-state index in [9.17, 15) is 4.39 Å². The molecule has 0 spiro atoms. The molecule has 0 aliphatic heterocycles. The first-order valence-electron chi connectivity index (χ1n) is 7.16. The third kappa shape index (κ3) is 5.16. The molecule has 2 rings (SSSR count). The normalized spacial score (nSPS) is 12.6. The SMILES string of the molecule is CCCNC(Cc1csc(C)n1)Cc1ccc(Br)cc1F. The van der Waals surface area contributed by atoms with Crippen LogP contribution >= 0.6 is 27.3 Å². The molecular weight excluding hydrogens is 351 g/mol. The Kier molecular flexibility index (Phi) is 6.33. The van der Waals surface area contributed by atoms with E-state index >= 15 is 0 Å². The van der Waals surface area contributed by atoms with E-state index in [0.29, 0.717) is 6.42 Å². The van der Waals surface area contributed by atoms with Gasteiger partial charge in [-0.05, 0) is 44.0 Å². The number of nitrogens with zero attached hydrogens (tertiary/aromatic N) is 1. The number of benzene rings is 1. The number of aromatic nitrogens is 1. The Bertz CT molecular complexity index is 585. The molecule has 0 fully saturated rings. The van der Waals surface area contributed by atoms with Crippen molar-refractivity contribution >= 4 is 27.3 Å². The molecule has 1 atom stereocenters. The highest BCUT2D eigenvalue weighted by Gasteiger charge is 2.14. The molecule has 114 valence electrons. The molecule has 21 heavy (non-hydrogen) atoms. The molecule has 0 aliphatic rings. The lowest BCUT2D eigenvalue weighted by molar-refractivity contribution is 0.489. The molecule has 1 aromatic carbocycles. The predicted molar refractivity (Wildman–Crippen MR) is 90.4 cm³/mol. The van der Waals surface area contributed by atoms with Gasteiger partial charge in [0.1, 0.15) is 5.82 Å². The van der Waals surface area contributed by atoms with Crippen LogP contribution in [0, 0.1) is 12.7 Å². The summed E-state index contributed by atoms with van der Waals surface area (Å²) < 4.78 is 14.8. The monoisotopic (exact) mass is 370 g/mol. The van der Waals surface area contributed by atoms with Crippen molar-refractivity contribution in [2.45, 2.75) is 39.2 Å². The second-order valence-corrected chi connectivity index (χ2v) is 7.13. The number of aryl methyl sites for hydroxylation is 1. The summed E-state index contributed by atoms with van der Waals surface area (Å²) >= 11 is 4.96. The molecule has 1 N–H and O–H groups in total. The van der Waals surface area contributed by atoms with Gasteiger partial charge in [0.05, 0.1) is 10.7 Å². The Labute approximate surface area is 137 Å². The molecule has 5 heteroatoms. The third-order valence-electron chi connectivity index (χ3n) is 3.29. The fourth-order valence-corrected chi connectivity index (χ4v) is 3.23. The molecule has 1 heterocycles. The number of hydrogen-bond donors (Lipinski definition) is 1. The minimum absolute atomic E-state index is 0.151. The van der Waals surface area contributed by atoms with Crippen LogP contribution in [-0.2, 0) is 12.8 Å². The zero-order chi connectivity index (χ0) is 15.2. The number of halogens is 2. The maximum atomic E-state index is 14.0. The highest BCUT2D eigenvalue weighted by atomic mass is 79.9. The van der Waals surface area contributed by atoms with E-state index in [1.807, 2.05) is 19.1 Å². The third-order valence-corrected chi connectivity index (χ3v) is 4.60. The van der Waals surface area contributed by atoms with Crippen LogP contribution in [0.3, 0.4) is 0 Å². The average Bonchev–Trinajstić information content (AvgIpc) is 2.84. The summed E-state index contributed by atoms with van der Waals surface area (Å²) in [5.74, 6) is -0.151. The largest absolute Gasteiger partial charge is 0.313 e. The second-order valence-electron chi connectivity index (χ2n) is 5.15. The molecule has 0 saturated heterocycles. The van der Waals surface area contributed by atoms with Crippen molar-refractivity contribution < 1.29 is 4.39 Å². The van der Waals surface area contributed by atoms with Crippen molar-refractivity contribution in [2.24, 2.45) is 0 Å². The van der Waals surface area contributed by atoms with E-state index in [2.05, 4.69) is 38.5 Å². The topological polar surface area (TPSA) is 24.9 Å². The summed E-state index contributed by atoms with van der Waals surface area (Å²) in [5, 5.41) is 6.67. The van der Waals surface area contributed by atoms with Crippen LogP contribution in [0.2, 0.25) is 0 Å². The standard InChI is InChI=1S/C16H20BrFN2S/c1-3-6-19-14(9-15-10-21-11(2)20-15)7-12-4-5-13(17)8-16(12)18/h4-5,8,10,14,19H,3,6-7,9H2,1-2H3. The first-order valence-corrected chi connectivity index (χ1v) is 8.84. The molecule has 0 amide bonds. The first kappa shape index (κ1) is 16.6. The van der Waals surface area contributed by atoms with Crippen LogP contribution < -0.4 is 5.32 Å². The lowest BCUT2D eigenvalue weighted by atomic mass is 10.0. The van der Waals surface area contributed by atoms with E-state index in [0.717, 1.165) is 40.1 Å². The van der Waals surface area contributed by atoms with Gasteiger partial charge >= 0.3 is 0 Å². The van der Waals surface area contributed by atoms with Crippen LogP contribution in [0.5, 0.6) is 0 Å². The summed E-state index contributed by atoms with van der Waals surface area (Å²) in [5.41, 5.74) is 1.84. The fraction of sp³-hybridized carbons (Fsp3) is 0.438. The van der Waals surface area contributed by atoms with E-state index < -0.39 is 0 Å². The zero-order valence-corrected chi connectivity index (χ0v) is 14.7. The quantitative estimate of drug-likeness (QED) is 0.775. The highest BCUT2D eigenvalue weighted by molar-refractivity contribution is 9.10. The van der Waals surface area contributed by atoms with Gasteiger partial charge in [0.25, 0.3) is 0 Å². The van der Waals surface area contributed by atoms with Gasteiger partial charge < -0.3 is 5.32 Å². The molecule has 0 bridgehead atoms. The Hall–Kier alpha value is -0.780. The van der Waals surface area contributed by atoms with E-state index in [-0.39, 0.29) is 11.9 Å². The van der Waals surface area contributed by atoms with Gasteiger partial charge in [0.2, 0.25) is 0 Å². The second kappa shape index (κ2) is 8.01. The van der Waals surface area contributed by atoms with Gasteiger partial charge in [-0.25, -0.2) is 9.37 Å². The Morgan fingerprint density at radius 1 is 1.38 bits per heavy atom. The smallest absolute Gasteiger partial charge is 0.127 e. The van der Waals surface area contributed by atoms with Crippen LogP contribution in [0.15, 0.2) is 28.1 Å². The fourth-order valence-electron chi connectivity index (χ4n) is 2.27. The Balaban J connectivity index is 2.08. The van der Waals surface area contributed by atoms with Crippen molar-refractivity contribution in [2.75, 3.05) is 6.54 Å². The zero-order valence-electron chi connectivity index (χ0n) is 12.3. The Morgan fingerprint density at radius 2 is 2.19 bits per heavy atom.